The molecule has 0 radical (unpaired) electrons. The number of rotatable bonds is 2. The van der Waals surface area contributed by atoms with Crippen LogP contribution in [0.25, 0.3) is 0 Å². The lowest BCUT2D eigenvalue weighted by Gasteiger charge is -2.15. The number of carbonyl (C=O) groups is 1. The summed E-state index contributed by atoms with van der Waals surface area (Å²) in [6, 6.07) is 4.95. The van der Waals surface area contributed by atoms with E-state index in [0.717, 1.165) is 24.1 Å². The van der Waals surface area contributed by atoms with Gasteiger partial charge in [-0.1, -0.05) is 12.1 Å². The Morgan fingerprint density at radius 3 is 2.29 bits per heavy atom. The molecule has 1 heterocycles. The van der Waals surface area contributed by atoms with Gasteiger partial charge in [0.05, 0.1) is 5.56 Å². The van der Waals surface area contributed by atoms with Crippen LogP contribution in [-0.2, 0) is 17.5 Å². The SMILES string of the molecule is O=C1CCCN1Cc1ccc(C(F)(F)F)cc1. The highest BCUT2D eigenvalue weighted by Gasteiger charge is 2.30. The number of alkyl halides is 3. The van der Waals surface area contributed by atoms with Crippen molar-refractivity contribution < 1.29 is 18.0 Å². The molecule has 1 saturated heterocycles. The molecule has 1 amide bonds. The van der Waals surface area contributed by atoms with Gasteiger partial charge in [0.2, 0.25) is 5.91 Å². The van der Waals surface area contributed by atoms with Crippen molar-refractivity contribution in [3.8, 4) is 0 Å². The summed E-state index contributed by atoms with van der Waals surface area (Å²) in [4.78, 5) is 13.0. The highest BCUT2D eigenvalue weighted by molar-refractivity contribution is 5.78. The van der Waals surface area contributed by atoms with Gasteiger partial charge in [0, 0.05) is 19.5 Å². The number of amides is 1. The molecule has 0 bridgehead atoms. The average molecular weight is 243 g/mol. The molecule has 0 N–H and O–H groups in total. The second kappa shape index (κ2) is 4.39. The van der Waals surface area contributed by atoms with Crippen LogP contribution in [0, 0.1) is 0 Å². The fourth-order valence-electron chi connectivity index (χ4n) is 1.89. The van der Waals surface area contributed by atoms with Gasteiger partial charge < -0.3 is 4.90 Å². The Kier molecular flexibility index (Phi) is 3.09. The van der Waals surface area contributed by atoms with Crippen molar-refractivity contribution in [2.45, 2.75) is 25.6 Å². The minimum absolute atomic E-state index is 0.0740. The fourth-order valence-corrected chi connectivity index (χ4v) is 1.89. The van der Waals surface area contributed by atoms with E-state index in [9.17, 15) is 18.0 Å². The lowest BCUT2D eigenvalue weighted by atomic mass is 10.1. The van der Waals surface area contributed by atoms with Crippen molar-refractivity contribution in [1.29, 1.82) is 0 Å². The number of carbonyl (C=O) groups excluding carboxylic acids is 1. The summed E-state index contributed by atoms with van der Waals surface area (Å²) in [5.41, 5.74) is 0.0715. The van der Waals surface area contributed by atoms with Crippen molar-refractivity contribution in [3.05, 3.63) is 35.4 Å². The number of hydrogen-bond donors (Lipinski definition) is 0. The van der Waals surface area contributed by atoms with E-state index in [1.54, 1.807) is 4.90 Å². The number of benzene rings is 1. The molecule has 17 heavy (non-hydrogen) atoms. The lowest BCUT2D eigenvalue weighted by molar-refractivity contribution is -0.137. The first-order chi connectivity index (χ1) is 7.97. The van der Waals surface area contributed by atoms with Crippen LogP contribution in [0.3, 0.4) is 0 Å². The monoisotopic (exact) mass is 243 g/mol. The molecule has 1 aromatic carbocycles. The zero-order valence-corrected chi connectivity index (χ0v) is 9.13. The highest BCUT2D eigenvalue weighted by atomic mass is 19.4. The topological polar surface area (TPSA) is 20.3 Å². The van der Waals surface area contributed by atoms with Gasteiger partial charge >= 0.3 is 6.18 Å². The summed E-state index contributed by atoms with van der Waals surface area (Å²) >= 11 is 0. The van der Waals surface area contributed by atoms with E-state index in [4.69, 9.17) is 0 Å². The van der Waals surface area contributed by atoms with Crippen LogP contribution in [0.5, 0.6) is 0 Å². The summed E-state index contributed by atoms with van der Waals surface area (Å²) in [5, 5.41) is 0. The molecule has 1 aliphatic heterocycles. The first-order valence-corrected chi connectivity index (χ1v) is 5.41. The van der Waals surface area contributed by atoms with E-state index >= 15 is 0 Å². The number of hydrogen-bond acceptors (Lipinski definition) is 1. The highest BCUT2D eigenvalue weighted by Crippen LogP contribution is 2.29. The van der Waals surface area contributed by atoms with E-state index in [1.807, 2.05) is 0 Å². The average Bonchev–Trinajstić information content (AvgIpc) is 2.64. The van der Waals surface area contributed by atoms with Gasteiger partial charge in [0.15, 0.2) is 0 Å². The van der Waals surface area contributed by atoms with Crippen LogP contribution in [0.1, 0.15) is 24.0 Å². The Morgan fingerprint density at radius 2 is 1.82 bits per heavy atom. The van der Waals surface area contributed by atoms with Crippen LogP contribution >= 0.6 is 0 Å². The van der Waals surface area contributed by atoms with Crippen molar-refractivity contribution in [2.75, 3.05) is 6.54 Å². The summed E-state index contributed by atoms with van der Waals surface area (Å²) < 4.78 is 37.0. The van der Waals surface area contributed by atoms with E-state index in [-0.39, 0.29) is 5.91 Å². The smallest absolute Gasteiger partial charge is 0.338 e. The van der Waals surface area contributed by atoms with Crippen LogP contribution < -0.4 is 0 Å². The molecular weight excluding hydrogens is 231 g/mol. The predicted octanol–water partition coefficient (Wildman–Crippen LogP) is 2.83. The molecular formula is C12H12F3NO. The molecule has 0 saturated carbocycles. The molecule has 1 fully saturated rings. The molecule has 0 spiro atoms. The molecule has 2 rings (SSSR count). The van der Waals surface area contributed by atoms with Gasteiger partial charge in [-0.25, -0.2) is 0 Å². The van der Waals surface area contributed by atoms with Crippen molar-refractivity contribution in [1.82, 2.24) is 4.90 Å². The van der Waals surface area contributed by atoms with E-state index < -0.39 is 11.7 Å². The first kappa shape index (κ1) is 12.0. The van der Waals surface area contributed by atoms with Crippen molar-refractivity contribution >= 4 is 5.91 Å². The van der Waals surface area contributed by atoms with Crippen LogP contribution in [0.15, 0.2) is 24.3 Å². The molecule has 0 atom stereocenters. The van der Waals surface area contributed by atoms with Crippen molar-refractivity contribution in [2.24, 2.45) is 0 Å². The van der Waals surface area contributed by atoms with E-state index in [1.165, 1.54) is 12.1 Å². The normalized spacial score (nSPS) is 16.6. The Labute approximate surface area is 97.0 Å². The lowest BCUT2D eigenvalue weighted by Crippen LogP contribution is -2.23. The molecule has 0 aromatic heterocycles. The molecule has 1 aromatic rings. The maximum absolute atomic E-state index is 12.3. The van der Waals surface area contributed by atoms with Gasteiger partial charge in [-0.15, -0.1) is 0 Å². The minimum Gasteiger partial charge on any atom is -0.338 e. The molecule has 92 valence electrons. The maximum atomic E-state index is 12.3. The zero-order valence-electron chi connectivity index (χ0n) is 9.13. The zero-order chi connectivity index (χ0) is 12.5. The quantitative estimate of drug-likeness (QED) is 0.782. The Hall–Kier alpha value is -1.52. The standard InChI is InChI=1S/C12H12F3NO/c13-12(14,15)10-5-3-9(4-6-10)8-16-7-1-2-11(16)17/h3-6H,1-2,7-8H2. The molecule has 0 aliphatic carbocycles. The Bertz CT molecular complexity index is 411. The van der Waals surface area contributed by atoms with Crippen molar-refractivity contribution in [3.63, 3.8) is 0 Å². The number of likely N-dealkylation sites (tertiary alicyclic amines) is 1. The second-order valence-electron chi connectivity index (χ2n) is 4.11. The summed E-state index contributed by atoms with van der Waals surface area (Å²) in [6.45, 7) is 1.09. The maximum Gasteiger partial charge on any atom is 0.416 e. The van der Waals surface area contributed by atoms with Crippen LogP contribution in [0.4, 0.5) is 13.2 Å². The van der Waals surface area contributed by atoms with Gasteiger partial charge in [-0.3, -0.25) is 4.79 Å². The van der Waals surface area contributed by atoms with E-state index in [0.29, 0.717) is 19.5 Å². The minimum atomic E-state index is -4.30. The predicted molar refractivity (Wildman–Crippen MR) is 56.1 cm³/mol. The van der Waals surface area contributed by atoms with Gasteiger partial charge in [-0.05, 0) is 24.1 Å². The molecule has 1 aliphatic rings. The molecule has 5 heteroatoms. The Morgan fingerprint density at radius 1 is 1.18 bits per heavy atom. The number of halogens is 3. The Balaban J connectivity index is 2.06. The summed E-state index contributed by atoms with van der Waals surface area (Å²) in [7, 11) is 0. The fraction of sp³-hybridized carbons (Fsp3) is 0.417. The third kappa shape index (κ3) is 2.78. The largest absolute Gasteiger partial charge is 0.416 e. The molecule has 0 unspecified atom stereocenters. The number of nitrogens with zero attached hydrogens (tertiary/aromatic N) is 1. The summed E-state index contributed by atoms with van der Waals surface area (Å²) in [5.74, 6) is 0.0740. The van der Waals surface area contributed by atoms with Crippen LogP contribution in [0.2, 0.25) is 0 Å². The first-order valence-electron chi connectivity index (χ1n) is 5.41. The second-order valence-corrected chi connectivity index (χ2v) is 4.11. The molecule has 2 nitrogen and oxygen atoms in total. The van der Waals surface area contributed by atoms with Gasteiger partial charge in [0.1, 0.15) is 0 Å². The van der Waals surface area contributed by atoms with Gasteiger partial charge in [-0.2, -0.15) is 13.2 Å². The van der Waals surface area contributed by atoms with Gasteiger partial charge in [0.25, 0.3) is 0 Å². The third-order valence-electron chi connectivity index (χ3n) is 2.83. The third-order valence-corrected chi connectivity index (χ3v) is 2.83. The van der Waals surface area contributed by atoms with Crippen LogP contribution in [-0.4, -0.2) is 17.4 Å². The van der Waals surface area contributed by atoms with E-state index in [2.05, 4.69) is 0 Å². The summed E-state index contributed by atoms with van der Waals surface area (Å²) in [6.07, 6.45) is -2.93.